The van der Waals surface area contributed by atoms with Crippen LogP contribution in [0.1, 0.15) is 11.1 Å². The van der Waals surface area contributed by atoms with Gasteiger partial charge in [-0.05, 0) is 29.0 Å². The van der Waals surface area contributed by atoms with E-state index in [0.29, 0.717) is 32.7 Å². The van der Waals surface area contributed by atoms with Crippen molar-refractivity contribution in [3.8, 4) is 11.8 Å². The fourth-order valence-corrected chi connectivity index (χ4v) is 5.49. The van der Waals surface area contributed by atoms with Crippen molar-refractivity contribution in [2.45, 2.75) is 11.4 Å². The third-order valence-corrected chi connectivity index (χ3v) is 7.45. The van der Waals surface area contributed by atoms with E-state index >= 15 is 0 Å². The van der Waals surface area contributed by atoms with Crippen LogP contribution in [-0.4, -0.2) is 44.0 Å². The van der Waals surface area contributed by atoms with Crippen molar-refractivity contribution >= 4 is 20.8 Å². The first-order chi connectivity index (χ1) is 14.0. The van der Waals surface area contributed by atoms with Crippen molar-refractivity contribution in [3.05, 3.63) is 71.8 Å². The number of benzene rings is 3. The molecule has 29 heavy (non-hydrogen) atoms. The summed E-state index contributed by atoms with van der Waals surface area (Å²) in [6.07, 6.45) is 0. The van der Waals surface area contributed by atoms with Crippen LogP contribution in [0.3, 0.4) is 0 Å². The number of hydrogen-bond acceptors (Lipinski definition) is 4. The van der Waals surface area contributed by atoms with Gasteiger partial charge in [0.1, 0.15) is 18.4 Å². The fraction of sp³-hybridized carbons (Fsp3) is 0.227. The van der Waals surface area contributed by atoms with Crippen LogP contribution in [-0.2, 0) is 16.6 Å². The number of nitrogens with zero attached hydrogens (tertiary/aromatic N) is 2. The van der Waals surface area contributed by atoms with Gasteiger partial charge in [0.2, 0.25) is 10.0 Å². The summed E-state index contributed by atoms with van der Waals surface area (Å²) in [5.74, 6) is 0.272. The molecule has 0 aliphatic carbocycles. The van der Waals surface area contributed by atoms with Crippen LogP contribution < -0.4 is 4.90 Å². The number of nitriles is 1. The Kier molecular flexibility index (Phi) is 5.24. The highest BCUT2D eigenvalue weighted by Crippen LogP contribution is 2.26. The van der Waals surface area contributed by atoms with Crippen LogP contribution in [0.5, 0.6) is 5.75 Å². The number of phenols is 1. The molecule has 3 aromatic rings. The normalized spacial score (nSPS) is 16.0. The summed E-state index contributed by atoms with van der Waals surface area (Å²) in [7, 11) is -3.70. The minimum atomic E-state index is -3.70. The van der Waals surface area contributed by atoms with Gasteiger partial charge >= 0.3 is 0 Å². The zero-order chi connectivity index (χ0) is 20.4. The lowest BCUT2D eigenvalue weighted by Crippen LogP contribution is -3.13. The van der Waals surface area contributed by atoms with Crippen molar-refractivity contribution in [2.24, 2.45) is 0 Å². The highest BCUT2D eigenvalue weighted by molar-refractivity contribution is 7.89. The van der Waals surface area contributed by atoms with Gasteiger partial charge in [-0.25, -0.2) is 8.42 Å². The number of rotatable bonds is 4. The molecule has 0 spiro atoms. The van der Waals surface area contributed by atoms with E-state index < -0.39 is 10.0 Å². The minimum Gasteiger partial charge on any atom is -0.507 e. The van der Waals surface area contributed by atoms with Gasteiger partial charge in [0.25, 0.3) is 0 Å². The smallest absolute Gasteiger partial charge is 0.244 e. The number of fused-ring (bicyclic) bond motifs is 1. The van der Waals surface area contributed by atoms with Gasteiger partial charge in [-0.3, -0.25) is 0 Å². The van der Waals surface area contributed by atoms with Crippen LogP contribution in [0.2, 0.25) is 0 Å². The zero-order valence-electron chi connectivity index (χ0n) is 15.9. The highest BCUT2D eigenvalue weighted by Gasteiger charge is 2.32. The third kappa shape index (κ3) is 3.70. The standard InChI is InChI=1S/C22H21N3O3S/c23-15-18-6-2-4-8-22(18)29(27,28)25-13-11-24(12-14-25)16-20-19-7-3-1-5-17(19)9-10-21(20)26/h1-10,26H,11-14,16H2/p+1. The van der Waals surface area contributed by atoms with Crippen molar-refractivity contribution in [1.29, 1.82) is 5.26 Å². The molecule has 0 saturated carbocycles. The number of quaternary nitrogens is 1. The number of sulfonamides is 1. The summed E-state index contributed by atoms with van der Waals surface area (Å²) in [5.41, 5.74) is 1.06. The molecule has 3 aromatic carbocycles. The minimum absolute atomic E-state index is 0.0673. The van der Waals surface area contributed by atoms with Gasteiger partial charge in [0.05, 0.1) is 42.2 Å². The molecule has 1 fully saturated rings. The molecular formula is C22H22N3O3S+. The molecule has 6 nitrogen and oxygen atoms in total. The molecule has 7 heteroatoms. The van der Waals surface area contributed by atoms with E-state index in [9.17, 15) is 18.8 Å². The van der Waals surface area contributed by atoms with E-state index in [1.165, 1.54) is 21.3 Å². The zero-order valence-corrected chi connectivity index (χ0v) is 16.7. The SMILES string of the molecule is N#Cc1ccccc1S(=O)(=O)N1CC[NH+](Cc2c(O)ccc3ccccc23)CC1. The highest BCUT2D eigenvalue weighted by atomic mass is 32.2. The Morgan fingerprint density at radius 2 is 1.69 bits per heavy atom. The molecule has 1 heterocycles. The Labute approximate surface area is 170 Å². The van der Waals surface area contributed by atoms with Gasteiger partial charge in [0, 0.05) is 0 Å². The number of hydrogen-bond donors (Lipinski definition) is 2. The van der Waals surface area contributed by atoms with Gasteiger partial charge < -0.3 is 10.0 Å². The number of aromatic hydroxyl groups is 1. The Hall–Kier alpha value is -2.92. The van der Waals surface area contributed by atoms with E-state index in [1.807, 2.05) is 36.4 Å². The maximum absolute atomic E-state index is 13.0. The van der Waals surface area contributed by atoms with E-state index in [0.717, 1.165) is 16.3 Å². The molecule has 4 rings (SSSR count). The summed E-state index contributed by atoms with van der Waals surface area (Å²) in [6.45, 7) is 2.66. The molecular weight excluding hydrogens is 386 g/mol. The third-order valence-electron chi connectivity index (χ3n) is 5.50. The Bertz CT molecular complexity index is 1190. The number of nitrogens with one attached hydrogen (secondary N) is 1. The van der Waals surface area contributed by atoms with Crippen LogP contribution in [0.4, 0.5) is 0 Å². The van der Waals surface area contributed by atoms with E-state index in [2.05, 4.69) is 0 Å². The van der Waals surface area contributed by atoms with Crippen LogP contribution in [0.15, 0.2) is 65.6 Å². The summed E-state index contributed by atoms with van der Waals surface area (Å²) in [5, 5.41) is 21.7. The largest absolute Gasteiger partial charge is 0.507 e. The van der Waals surface area contributed by atoms with Crippen LogP contribution >= 0.6 is 0 Å². The van der Waals surface area contributed by atoms with Crippen molar-refractivity contribution in [2.75, 3.05) is 26.2 Å². The van der Waals surface area contributed by atoms with Crippen molar-refractivity contribution in [1.82, 2.24) is 4.31 Å². The maximum atomic E-state index is 13.0. The lowest BCUT2D eigenvalue weighted by molar-refractivity contribution is -0.917. The molecule has 0 atom stereocenters. The molecule has 1 aliphatic heterocycles. The first kappa shape index (κ1) is 19.4. The molecule has 1 aliphatic rings. The Morgan fingerprint density at radius 1 is 1.00 bits per heavy atom. The fourth-order valence-electron chi connectivity index (χ4n) is 3.90. The monoisotopic (exact) mass is 408 g/mol. The van der Waals surface area contributed by atoms with Gasteiger partial charge in [-0.2, -0.15) is 9.57 Å². The molecule has 2 N–H and O–H groups in total. The number of piperazine rings is 1. The molecule has 0 unspecified atom stereocenters. The predicted octanol–water partition coefficient (Wildman–Crippen LogP) is 1.51. The summed E-state index contributed by atoms with van der Waals surface area (Å²) >= 11 is 0. The first-order valence-corrected chi connectivity index (χ1v) is 11.0. The second-order valence-electron chi connectivity index (χ2n) is 7.22. The maximum Gasteiger partial charge on any atom is 0.244 e. The van der Waals surface area contributed by atoms with Gasteiger partial charge in [0.15, 0.2) is 0 Å². The summed E-state index contributed by atoms with van der Waals surface area (Å²) in [6, 6.07) is 19.9. The average molecular weight is 409 g/mol. The van der Waals surface area contributed by atoms with Gasteiger partial charge in [-0.1, -0.05) is 42.5 Å². The summed E-state index contributed by atoms with van der Waals surface area (Å²) in [4.78, 5) is 1.29. The average Bonchev–Trinajstić information content (AvgIpc) is 2.76. The molecule has 1 saturated heterocycles. The Balaban J connectivity index is 1.51. The van der Waals surface area contributed by atoms with Crippen molar-refractivity contribution in [3.63, 3.8) is 0 Å². The first-order valence-electron chi connectivity index (χ1n) is 9.53. The molecule has 0 radical (unpaired) electrons. The van der Waals surface area contributed by atoms with Gasteiger partial charge in [-0.15, -0.1) is 0 Å². The lowest BCUT2D eigenvalue weighted by atomic mass is 10.0. The second-order valence-corrected chi connectivity index (χ2v) is 9.13. The van der Waals surface area contributed by atoms with Crippen molar-refractivity contribution < 1.29 is 18.4 Å². The van der Waals surface area contributed by atoms with Crippen LogP contribution in [0, 0.1) is 11.3 Å². The molecule has 148 valence electrons. The Morgan fingerprint density at radius 3 is 2.45 bits per heavy atom. The number of phenolic OH excluding ortho intramolecular Hbond substituents is 1. The van der Waals surface area contributed by atoms with E-state index in [1.54, 1.807) is 18.2 Å². The lowest BCUT2D eigenvalue weighted by Gasteiger charge is -2.32. The molecule has 0 bridgehead atoms. The topological polar surface area (TPSA) is 85.8 Å². The predicted molar refractivity (Wildman–Crippen MR) is 110 cm³/mol. The molecule has 0 amide bonds. The summed E-state index contributed by atoms with van der Waals surface area (Å²) < 4.78 is 27.4. The van der Waals surface area contributed by atoms with E-state index in [4.69, 9.17) is 0 Å². The molecule has 0 aromatic heterocycles. The van der Waals surface area contributed by atoms with Crippen LogP contribution in [0.25, 0.3) is 10.8 Å². The quantitative estimate of drug-likeness (QED) is 0.685. The second kappa shape index (κ2) is 7.84. The van der Waals surface area contributed by atoms with E-state index in [-0.39, 0.29) is 16.2 Å².